The first-order valence-electron chi connectivity index (χ1n) is 9.45. The van der Waals surface area contributed by atoms with E-state index in [0.29, 0.717) is 56.2 Å². The highest BCUT2D eigenvalue weighted by Gasteiger charge is 2.40. The SMILES string of the molecule is COc1cc(CO)cc2c1-c1c(c(OC)c3c(OC)cccc3c1OC)[C@H](O)[C@H]2O. The molecule has 0 amide bonds. The molecule has 0 saturated heterocycles. The topological polar surface area (TPSA) is 97.6 Å². The van der Waals surface area contributed by atoms with Gasteiger partial charge in [0.1, 0.15) is 35.2 Å². The average molecular weight is 412 g/mol. The standard InChI is InChI=1S/C23H24O7/c1-27-14-7-5-6-12-17(14)23(30-4)19-18(22(12)29-3)16-13(20(25)21(19)26)8-11(10-24)9-15(16)28-2/h5-9,20-21,24-26H,10H2,1-4H3/t20-,21-/m0/s1. The highest BCUT2D eigenvalue weighted by molar-refractivity contribution is 6.06. The molecule has 2 atom stereocenters. The Kier molecular flexibility index (Phi) is 5.19. The fourth-order valence-electron chi connectivity index (χ4n) is 4.36. The number of aliphatic hydroxyl groups is 3. The Balaban J connectivity index is 2.25. The molecule has 1 aliphatic carbocycles. The third-order valence-electron chi connectivity index (χ3n) is 5.63. The van der Waals surface area contributed by atoms with Crippen LogP contribution in [0.5, 0.6) is 23.0 Å². The molecule has 0 bridgehead atoms. The largest absolute Gasteiger partial charge is 0.496 e. The van der Waals surface area contributed by atoms with Gasteiger partial charge in [-0.15, -0.1) is 0 Å². The summed E-state index contributed by atoms with van der Waals surface area (Å²) in [6, 6.07) is 8.89. The van der Waals surface area contributed by atoms with Crippen molar-refractivity contribution >= 4 is 10.8 Å². The minimum atomic E-state index is -1.29. The van der Waals surface area contributed by atoms with Gasteiger partial charge in [0.15, 0.2) is 0 Å². The Bertz CT molecular complexity index is 1120. The lowest BCUT2D eigenvalue weighted by atomic mass is 9.78. The molecule has 0 aromatic heterocycles. The van der Waals surface area contributed by atoms with Crippen LogP contribution < -0.4 is 18.9 Å². The van der Waals surface area contributed by atoms with Gasteiger partial charge >= 0.3 is 0 Å². The van der Waals surface area contributed by atoms with E-state index in [1.165, 1.54) is 14.2 Å². The van der Waals surface area contributed by atoms with Gasteiger partial charge < -0.3 is 34.3 Å². The predicted molar refractivity (Wildman–Crippen MR) is 111 cm³/mol. The monoisotopic (exact) mass is 412 g/mol. The van der Waals surface area contributed by atoms with Crippen molar-refractivity contribution in [2.24, 2.45) is 0 Å². The summed E-state index contributed by atoms with van der Waals surface area (Å²) in [5.41, 5.74) is 2.56. The second kappa shape index (κ2) is 7.68. The minimum Gasteiger partial charge on any atom is -0.496 e. The number of hydrogen-bond acceptors (Lipinski definition) is 7. The molecule has 0 radical (unpaired) electrons. The maximum absolute atomic E-state index is 11.1. The highest BCUT2D eigenvalue weighted by atomic mass is 16.5. The highest BCUT2D eigenvalue weighted by Crippen LogP contribution is 2.58. The van der Waals surface area contributed by atoms with Crippen molar-refractivity contribution in [2.45, 2.75) is 18.8 Å². The molecule has 0 spiro atoms. The van der Waals surface area contributed by atoms with E-state index in [1.54, 1.807) is 32.4 Å². The fourth-order valence-corrected chi connectivity index (χ4v) is 4.36. The van der Waals surface area contributed by atoms with Crippen LogP contribution in [-0.4, -0.2) is 43.8 Å². The molecule has 0 fully saturated rings. The molecule has 7 nitrogen and oxygen atoms in total. The van der Waals surface area contributed by atoms with Gasteiger partial charge in [0.2, 0.25) is 0 Å². The summed E-state index contributed by atoms with van der Waals surface area (Å²) in [7, 11) is 6.13. The first-order chi connectivity index (χ1) is 14.5. The van der Waals surface area contributed by atoms with E-state index in [0.717, 1.165) is 5.39 Å². The number of fused-ring (bicyclic) bond motifs is 4. The van der Waals surface area contributed by atoms with Gasteiger partial charge in [0.05, 0.1) is 40.4 Å². The van der Waals surface area contributed by atoms with Crippen molar-refractivity contribution in [3.63, 3.8) is 0 Å². The van der Waals surface area contributed by atoms with Crippen molar-refractivity contribution in [1.29, 1.82) is 0 Å². The lowest BCUT2D eigenvalue weighted by Crippen LogP contribution is -2.20. The minimum absolute atomic E-state index is 0.227. The molecule has 7 heteroatoms. The number of rotatable bonds is 5. The summed E-state index contributed by atoms with van der Waals surface area (Å²) in [5.74, 6) is 1.90. The van der Waals surface area contributed by atoms with E-state index in [9.17, 15) is 15.3 Å². The third-order valence-corrected chi connectivity index (χ3v) is 5.63. The molecule has 30 heavy (non-hydrogen) atoms. The van der Waals surface area contributed by atoms with Crippen LogP contribution in [0, 0.1) is 0 Å². The lowest BCUT2D eigenvalue weighted by Gasteiger charge is -2.34. The molecule has 158 valence electrons. The van der Waals surface area contributed by atoms with E-state index >= 15 is 0 Å². The smallest absolute Gasteiger partial charge is 0.137 e. The van der Waals surface area contributed by atoms with Crippen molar-refractivity contribution in [3.05, 3.63) is 47.0 Å². The summed E-state index contributed by atoms with van der Waals surface area (Å²) in [6.45, 7) is -0.227. The van der Waals surface area contributed by atoms with Crippen LogP contribution in [0.25, 0.3) is 21.9 Å². The molecule has 3 N–H and O–H groups in total. The van der Waals surface area contributed by atoms with Crippen molar-refractivity contribution in [2.75, 3.05) is 28.4 Å². The second-order valence-electron chi connectivity index (χ2n) is 7.05. The zero-order chi connectivity index (χ0) is 21.6. The number of ether oxygens (including phenoxy) is 4. The summed E-state index contributed by atoms with van der Waals surface area (Å²) >= 11 is 0. The van der Waals surface area contributed by atoms with Crippen LogP contribution >= 0.6 is 0 Å². The van der Waals surface area contributed by atoms with E-state index < -0.39 is 12.2 Å². The summed E-state index contributed by atoms with van der Waals surface area (Å²) in [5, 5.41) is 33.1. The molecular weight excluding hydrogens is 388 g/mol. The van der Waals surface area contributed by atoms with Crippen molar-refractivity contribution < 1.29 is 34.3 Å². The molecule has 0 unspecified atom stereocenters. The fraction of sp³-hybridized carbons (Fsp3) is 0.304. The van der Waals surface area contributed by atoms with Crippen LogP contribution in [0.2, 0.25) is 0 Å². The Hall–Kier alpha value is -3.00. The Morgan fingerprint density at radius 1 is 0.800 bits per heavy atom. The maximum atomic E-state index is 11.1. The summed E-state index contributed by atoms with van der Waals surface area (Å²) in [4.78, 5) is 0. The number of hydrogen-bond donors (Lipinski definition) is 3. The van der Waals surface area contributed by atoms with E-state index in [1.807, 2.05) is 12.1 Å². The molecule has 3 aromatic carbocycles. The molecule has 0 heterocycles. The molecule has 1 aliphatic rings. The third kappa shape index (κ3) is 2.70. The quantitative estimate of drug-likeness (QED) is 0.592. The molecule has 4 rings (SSSR count). The Morgan fingerprint density at radius 2 is 1.50 bits per heavy atom. The van der Waals surface area contributed by atoms with Gasteiger partial charge in [0, 0.05) is 22.1 Å². The van der Waals surface area contributed by atoms with E-state index in [4.69, 9.17) is 18.9 Å². The van der Waals surface area contributed by atoms with Crippen LogP contribution in [0.15, 0.2) is 30.3 Å². The van der Waals surface area contributed by atoms with Crippen molar-refractivity contribution in [3.8, 4) is 34.1 Å². The van der Waals surface area contributed by atoms with Crippen LogP contribution in [0.3, 0.4) is 0 Å². The summed E-state index contributed by atoms with van der Waals surface area (Å²) < 4.78 is 22.7. The zero-order valence-corrected chi connectivity index (χ0v) is 17.2. The summed E-state index contributed by atoms with van der Waals surface area (Å²) in [6.07, 6.45) is -2.54. The molecule has 0 saturated carbocycles. The van der Waals surface area contributed by atoms with Gasteiger partial charge in [-0.05, 0) is 29.3 Å². The second-order valence-corrected chi connectivity index (χ2v) is 7.05. The predicted octanol–water partition coefficient (Wildman–Crippen LogP) is 3.11. The van der Waals surface area contributed by atoms with Crippen LogP contribution in [0.4, 0.5) is 0 Å². The number of aliphatic hydroxyl groups excluding tert-OH is 3. The van der Waals surface area contributed by atoms with Crippen LogP contribution in [0.1, 0.15) is 28.9 Å². The normalized spacial score (nSPS) is 17.3. The lowest BCUT2D eigenvalue weighted by molar-refractivity contribution is 0.0141. The van der Waals surface area contributed by atoms with Gasteiger partial charge in [-0.25, -0.2) is 0 Å². The average Bonchev–Trinajstić information content (AvgIpc) is 2.79. The molecule has 0 aliphatic heterocycles. The first kappa shape index (κ1) is 20.3. The molecule has 3 aromatic rings. The van der Waals surface area contributed by atoms with Gasteiger partial charge in [0.25, 0.3) is 0 Å². The van der Waals surface area contributed by atoms with Gasteiger partial charge in [-0.3, -0.25) is 0 Å². The maximum Gasteiger partial charge on any atom is 0.137 e. The Labute approximate surface area is 174 Å². The first-order valence-corrected chi connectivity index (χ1v) is 9.45. The van der Waals surface area contributed by atoms with Crippen LogP contribution in [-0.2, 0) is 6.61 Å². The molecular formula is C23H24O7. The number of methoxy groups -OCH3 is 4. The van der Waals surface area contributed by atoms with Crippen molar-refractivity contribution in [1.82, 2.24) is 0 Å². The zero-order valence-electron chi connectivity index (χ0n) is 17.2. The van der Waals surface area contributed by atoms with E-state index in [-0.39, 0.29) is 6.61 Å². The Morgan fingerprint density at radius 3 is 2.10 bits per heavy atom. The number of benzene rings is 3. The van der Waals surface area contributed by atoms with Gasteiger partial charge in [-0.2, -0.15) is 0 Å². The van der Waals surface area contributed by atoms with Gasteiger partial charge in [-0.1, -0.05) is 12.1 Å². The van der Waals surface area contributed by atoms with E-state index in [2.05, 4.69) is 0 Å².